The van der Waals surface area contributed by atoms with Crippen LogP contribution >= 0.6 is 11.3 Å². The minimum Gasteiger partial charge on any atom is -0.355 e. The monoisotopic (exact) mass is 471 g/mol. The predicted molar refractivity (Wildman–Crippen MR) is 126 cm³/mol. The molecule has 1 aliphatic rings. The van der Waals surface area contributed by atoms with Crippen molar-refractivity contribution < 1.29 is 17.7 Å². The number of anilines is 1. The summed E-state index contributed by atoms with van der Waals surface area (Å²) in [6, 6.07) is 11.4. The molecule has 2 aromatic heterocycles. The van der Waals surface area contributed by atoms with E-state index in [-0.39, 0.29) is 23.1 Å². The first-order valence-electron chi connectivity index (χ1n) is 10.4. The number of sulfonamides is 1. The van der Waals surface area contributed by atoms with Gasteiger partial charge in [0, 0.05) is 23.7 Å². The lowest BCUT2D eigenvalue weighted by molar-refractivity contribution is -0.120. The second kappa shape index (κ2) is 9.40. The molecular formula is C23H25N3O4S2. The standard InChI is InChI=1S/C23H25N3O4S2/c1-16-6-3-8-19(14-16)24-23(27)18-7-4-12-26(15-18)32(28,29)22-17(2)25-30-21(22)11-10-20-9-5-13-31-20/h3,5-6,8-11,13-14,18H,4,7,12,15H2,1-2H3,(H,24,27). The molecule has 1 N–H and O–H groups in total. The molecule has 4 rings (SSSR count). The summed E-state index contributed by atoms with van der Waals surface area (Å²) in [6.07, 6.45) is 4.68. The molecule has 7 nitrogen and oxygen atoms in total. The highest BCUT2D eigenvalue weighted by molar-refractivity contribution is 7.89. The lowest BCUT2D eigenvalue weighted by Crippen LogP contribution is -2.43. The maximum absolute atomic E-state index is 13.5. The van der Waals surface area contributed by atoms with Crippen LogP contribution in [-0.4, -0.2) is 36.9 Å². The summed E-state index contributed by atoms with van der Waals surface area (Å²) >= 11 is 1.54. The van der Waals surface area contributed by atoms with Gasteiger partial charge in [-0.15, -0.1) is 11.3 Å². The van der Waals surface area contributed by atoms with Gasteiger partial charge in [0.05, 0.1) is 5.92 Å². The van der Waals surface area contributed by atoms with Gasteiger partial charge in [0.1, 0.15) is 5.69 Å². The Labute approximate surface area is 191 Å². The van der Waals surface area contributed by atoms with Crippen molar-refractivity contribution in [2.45, 2.75) is 31.6 Å². The van der Waals surface area contributed by atoms with Gasteiger partial charge in [0.2, 0.25) is 15.9 Å². The number of aryl methyl sites for hydroxylation is 2. The number of hydrogen-bond acceptors (Lipinski definition) is 6. The SMILES string of the molecule is Cc1cccc(NC(=O)C2CCCN(S(=O)(=O)c3c(C)noc3C=Cc3cccs3)C2)c1. The zero-order valence-corrected chi connectivity index (χ0v) is 19.6. The second-order valence-electron chi connectivity index (χ2n) is 7.87. The van der Waals surface area contributed by atoms with Gasteiger partial charge in [-0.3, -0.25) is 4.79 Å². The van der Waals surface area contributed by atoms with Gasteiger partial charge in [-0.05, 0) is 68.0 Å². The number of hydrogen-bond donors (Lipinski definition) is 1. The summed E-state index contributed by atoms with van der Waals surface area (Å²) in [6.45, 7) is 4.05. The number of amides is 1. The number of carbonyl (C=O) groups is 1. The van der Waals surface area contributed by atoms with E-state index >= 15 is 0 Å². The molecule has 0 saturated carbocycles. The van der Waals surface area contributed by atoms with Crippen molar-refractivity contribution in [1.29, 1.82) is 0 Å². The molecule has 0 aliphatic carbocycles. The number of benzene rings is 1. The van der Waals surface area contributed by atoms with Crippen molar-refractivity contribution in [1.82, 2.24) is 9.46 Å². The second-order valence-corrected chi connectivity index (χ2v) is 10.7. The van der Waals surface area contributed by atoms with Gasteiger partial charge in [-0.25, -0.2) is 8.42 Å². The van der Waals surface area contributed by atoms with Crippen LogP contribution in [0.3, 0.4) is 0 Å². The van der Waals surface area contributed by atoms with Gasteiger partial charge >= 0.3 is 0 Å². The van der Waals surface area contributed by atoms with E-state index in [0.717, 1.165) is 10.4 Å². The maximum Gasteiger partial charge on any atom is 0.248 e. The van der Waals surface area contributed by atoms with Gasteiger partial charge < -0.3 is 9.84 Å². The van der Waals surface area contributed by atoms with Crippen molar-refractivity contribution in [2.24, 2.45) is 5.92 Å². The first kappa shape index (κ1) is 22.4. The predicted octanol–water partition coefficient (Wildman–Crippen LogP) is 4.56. The van der Waals surface area contributed by atoms with Gasteiger partial charge in [0.15, 0.2) is 10.7 Å². The lowest BCUT2D eigenvalue weighted by Gasteiger charge is -2.31. The van der Waals surface area contributed by atoms with Crippen LogP contribution in [0.2, 0.25) is 0 Å². The van der Waals surface area contributed by atoms with Gasteiger partial charge in [0.25, 0.3) is 0 Å². The minimum absolute atomic E-state index is 0.0602. The third kappa shape index (κ3) is 4.85. The highest BCUT2D eigenvalue weighted by Gasteiger charge is 2.36. The van der Waals surface area contributed by atoms with E-state index in [2.05, 4.69) is 10.5 Å². The molecular weight excluding hydrogens is 446 g/mol. The fourth-order valence-electron chi connectivity index (χ4n) is 3.81. The molecule has 0 spiro atoms. The van der Waals surface area contributed by atoms with Crippen LogP contribution in [0.1, 0.15) is 34.7 Å². The summed E-state index contributed by atoms with van der Waals surface area (Å²) in [4.78, 5) is 13.9. The molecule has 0 bridgehead atoms. The van der Waals surface area contributed by atoms with Crippen LogP contribution in [0.15, 0.2) is 51.2 Å². The first-order chi connectivity index (χ1) is 15.3. The third-order valence-corrected chi connectivity index (χ3v) is 8.28. The van der Waals surface area contributed by atoms with Crippen molar-refractivity contribution in [3.63, 3.8) is 0 Å². The molecule has 0 radical (unpaired) electrons. The topological polar surface area (TPSA) is 92.5 Å². The molecule has 3 heterocycles. The highest BCUT2D eigenvalue weighted by Crippen LogP contribution is 2.30. The number of aromatic nitrogens is 1. The van der Waals surface area contributed by atoms with Crippen LogP contribution in [0.25, 0.3) is 12.2 Å². The molecule has 1 aromatic carbocycles. The van der Waals surface area contributed by atoms with E-state index in [0.29, 0.717) is 30.8 Å². The minimum atomic E-state index is -3.87. The Morgan fingerprint density at radius 2 is 2.09 bits per heavy atom. The lowest BCUT2D eigenvalue weighted by atomic mass is 9.98. The summed E-state index contributed by atoms with van der Waals surface area (Å²) in [5.41, 5.74) is 2.06. The van der Waals surface area contributed by atoms with E-state index in [1.807, 2.05) is 48.7 Å². The van der Waals surface area contributed by atoms with E-state index in [1.165, 1.54) is 4.31 Å². The zero-order chi connectivity index (χ0) is 22.7. The smallest absolute Gasteiger partial charge is 0.248 e. The summed E-state index contributed by atoms with van der Waals surface area (Å²) in [5, 5.41) is 8.75. The van der Waals surface area contributed by atoms with Crippen molar-refractivity contribution in [2.75, 3.05) is 18.4 Å². The summed E-state index contributed by atoms with van der Waals surface area (Å²) < 4.78 is 33.7. The quantitative estimate of drug-likeness (QED) is 0.569. The Balaban J connectivity index is 1.53. The Kier molecular flexibility index (Phi) is 6.59. The van der Waals surface area contributed by atoms with E-state index < -0.39 is 15.9 Å². The molecule has 1 aliphatic heterocycles. The Bertz CT molecular complexity index is 1230. The number of nitrogens with zero attached hydrogens (tertiary/aromatic N) is 2. The van der Waals surface area contributed by atoms with E-state index in [9.17, 15) is 13.2 Å². The molecule has 1 amide bonds. The number of piperidine rings is 1. The number of carbonyl (C=O) groups excluding carboxylic acids is 1. The molecule has 168 valence electrons. The fraction of sp³-hybridized carbons (Fsp3) is 0.304. The van der Waals surface area contributed by atoms with Gasteiger partial charge in [-0.1, -0.05) is 23.4 Å². The molecule has 1 saturated heterocycles. The first-order valence-corrected chi connectivity index (χ1v) is 12.7. The van der Waals surface area contributed by atoms with E-state index in [4.69, 9.17) is 4.52 Å². The Morgan fingerprint density at radius 1 is 1.25 bits per heavy atom. The van der Waals surface area contributed by atoms with E-state index in [1.54, 1.807) is 30.4 Å². The highest BCUT2D eigenvalue weighted by atomic mass is 32.2. The molecule has 1 fully saturated rings. The van der Waals surface area contributed by atoms with Crippen LogP contribution in [0.5, 0.6) is 0 Å². The van der Waals surface area contributed by atoms with Crippen molar-refractivity contribution in [3.8, 4) is 0 Å². The molecule has 1 unspecified atom stereocenters. The fourth-order valence-corrected chi connectivity index (χ4v) is 6.21. The van der Waals surface area contributed by atoms with Crippen molar-refractivity contribution in [3.05, 3.63) is 63.7 Å². The number of nitrogens with one attached hydrogen (secondary N) is 1. The van der Waals surface area contributed by atoms with Crippen LogP contribution in [0.4, 0.5) is 5.69 Å². The zero-order valence-electron chi connectivity index (χ0n) is 17.9. The summed E-state index contributed by atoms with van der Waals surface area (Å²) in [5.74, 6) is -0.401. The average Bonchev–Trinajstić information content (AvgIpc) is 3.42. The third-order valence-electron chi connectivity index (χ3n) is 5.41. The summed E-state index contributed by atoms with van der Waals surface area (Å²) in [7, 11) is -3.87. The largest absolute Gasteiger partial charge is 0.355 e. The molecule has 1 atom stereocenters. The average molecular weight is 472 g/mol. The normalized spacial score (nSPS) is 17.6. The number of thiophene rings is 1. The van der Waals surface area contributed by atoms with Crippen molar-refractivity contribution >= 4 is 45.1 Å². The van der Waals surface area contributed by atoms with Gasteiger partial charge in [-0.2, -0.15) is 4.31 Å². The van der Waals surface area contributed by atoms with Crippen LogP contribution in [0, 0.1) is 19.8 Å². The Hall–Kier alpha value is -2.75. The Morgan fingerprint density at radius 3 is 2.84 bits per heavy atom. The molecule has 3 aromatic rings. The van der Waals surface area contributed by atoms with Crippen LogP contribution in [-0.2, 0) is 14.8 Å². The number of rotatable bonds is 6. The van der Waals surface area contributed by atoms with Crippen LogP contribution < -0.4 is 5.32 Å². The molecule has 32 heavy (non-hydrogen) atoms. The maximum atomic E-state index is 13.5. The molecule has 9 heteroatoms.